The second-order valence-electron chi connectivity index (χ2n) is 4.92. The minimum atomic E-state index is -0.279. The fourth-order valence-corrected chi connectivity index (χ4v) is 2.89. The summed E-state index contributed by atoms with van der Waals surface area (Å²) in [5.41, 5.74) is 1.94. The number of thiazole rings is 1. The quantitative estimate of drug-likeness (QED) is 0.772. The fraction of sp³-hybridized carbons (Fsp3) is 0.467. The molecule has 1 amide bonds. The van der Waals surface area contributed by atoms with E-state index in [0.717, 1.165) is 27.3 Å². The number of ether oxygens (including phenoxy) is 1. The van der Waals surface area contributed by atoms with Gasteiger partial charge in [-0.15, -0.1) is 11.3 Å². The summed E-state index contributed by atoms with van der Waals surface area (Å²) in [6, 6.07) is 5.69. The molecule has 0 fully saturated rings. The largest absolute Gasteiger partial charge is 0.385 e. The number of anilines is 1. The van der Waals surface area contributed by atoms with E-state index in [9.17, 15) is 4.79 Å². The Morgan fingerprint density at radius 1 is 1.48 bits per heavy atom. The molecule has 0 saturated heterocycles. The molecule has 0 saturated carbocycles. The number of aromatic nitrogens is 1. The van der Waals surface area contributed by atoms with Crippen LogP contribution < -0.4 is 10.6 Å². The van der Waals surface area contributed by atoms with Crippen molar-refractivity contribution in [2.45, 2.75) is 26.3 Å². The molecule has 2 aromatic rings. The van der Waals surface area contributed by atoms with E-state index < -0.39 is 0 Å². The maximum absolute atomic E-state index is 12.0. The van der Waals surface area contributed by atoms with Crippen LogP contribution in [0, 0.1) is 6.92 Å². The van der Waals surface area contributed by atoms with Crippen LogP contribution in [0.15, 0.2) is 18.2 Å². The highest BCUT2D eigenvalue weighted by molar-refractivity contribution is 7.18. The van der Waals surface area contributed by atoms with Gasteiger partial charge in [0, 0.05) is 25.9 Å². The highest BCUT2D eigenvalue weighted by atomic mass is 32.1. The lowest BCUT2D eigenvalue weighted by atomic mass is 10.2. The first-order chi connectivity index (χ1) is 10.1. The van der Waals surface area contributed by atoms with Crippen molar-refractivity contribution in [2.24, 2.45) is 0 Å². The van der Waals surface area contributed by atoms with Crippen LogP contribution in [0.25, 0.3) is 10.2 Å². The third kappa shape index (κ3) is 4.41. The average Bonchev–Trinajstić information content (AvgIpc) is 2.82. The molecule has 0 radical (unpaired) electrons. The third-order valence-corrected chi connectivity index (χ3v) is 4.03. The predicted molar refractivity (Wildman–Crippen MR) is 86.9 cm³/mol. The van der Waals surface area contributed by atoms with Crippen LogP contribution in [0.5, 0.6) is 0 Å². The first-order valence-corrected chi connectivity index (χ1v) is 7.82. The monoisotopic (exact) mass is 307 g/mol. The van der Waals surface area contributed by atoms with Crippen molar-refractivity contribution in [1.82, 2.24) is 10.3 Å². The Kier molecular flexibility index (Phi) is 5.52. The van der Waals surface area contributed by atoms with Crippen molar-refractivity contribution in [2.75, 3.05) is 25.6 Å². The molecule has 1 unspecified atom stereocenters. The molecular formula is C15H21N3O2S. The second kappa shape index (κ2) is 7.38. The van der Waals surface area contributed by atoms with E-state index in [4.69, 9.17) is 4.74 Å². The van der Waals surface area contributed by atoms with Gasteiger partial charge >= 0.3 is 0 Å². The number of rotatable bonds is 7. The van der Waals surface area contributed by atoms with Gasteiger partial charge in [0.2, 0.25) is 5.91 Å². The molecule has 6 heteroatoms. The third-order valence-electron chi connectivity index (χ3n) is 3.10. The molecule has 2 N–H and O–H groups in total. The summed E-state index contributed by atoms with van der Waals surface area (Å²) < 4.78 is 6.08. The Morgan fingerprint density at radius 2 is 2.29 bits per heavy atom. The van der Waals surface area contributed by atoms with E-state index in [1.807, 2.05) is 32.0 Å². The Hall–Kier alpha value is -1.66. The first kappa shape index (κ1) is 15.7. The highest BCUT2D eigenvalue weighted by Gasteiger charge is 2.12. The van der Waals surface area contributed by atoms with Crippen molar-refractivity contribution >= 4 is 33.1 Å². The Bertz CT molecular complexity index is 612. The minimum absolute atomic E-state index is 0.00770. The van der Waals surface area contributed by atoms with Gasteiger partial charge in [0.05, 0.1) is 15.2 Å². The van der Waals surface area contributed by atoms with Gasteiger partial charge < -0.3 is 15.4 Å². The molecule has 2 rings (SSSR count). The maximum Gasteiger partial charge on any atom is 0.242 e. The number of nitrogens with one attached hydrogen (secondary N) is 2. The van der Waals surface area contributed by atoms with Gasteiger partial charge in [-0.05, 0) is 38.5 Å². The first-order valence-electron chi connectivity index (χ1n) is 7.00. The number of nitrogens with zero attached hydrogens (tertiary/aromatic N) is 1. The SMILES string of the molecule is COCCCNC(=O)C(C)Nc1ccc2nc(C)sc2c1. The molecule has 1 heterocycles. The van der Waals surface area contributed by atoms with Crippen LogP contribution in [-0.2, 0) is 9.53 Å². The molecule has 0 spiro atoms. The van der Waals surface area contributed by atoms with Crippen LogP contribution in [0.1, 0.15) is 18.4 Å². The van der Waals surface area contributed by atoms with E-state index in [0.29, 0.717) is 13.2 Å². The van der Waals surface area contributed by atoms with Crippen LogP contribution in [0.4, 0.5) is 5.69 Å². The lowest BCUT2D eigenvalue weighted by Crippen LogP contribution is -2.38. The van der Waals surface area contributed by atoms with Crippen molar-refractivity contribution < 1.29 is 9.53 Å². The van der Waals surface area contributed by atoms with Crippen molar-refractivity contribution in [3.63, 3.8) is 0 Å². The minimum Gasteiger partial charge on any atom is -0.385 e. The van der Waals surface area contributed by atoms with Crippen LogP contribution in [0.3, 0.4) is 0 Å². The summed E-state index contributed by atoms with van der Waals surface area (Å²) in [5, 5.41) is 7.15. The topological polar surface area (TPSA) is 63.2 Å². The molecule has 21 heavy (non-hydrogen) atoms. The Labute approximate surface area is 128 Å². The molecular weight excluding hydrogens is 286 g/mol. The van der Waals surface area contributed by atoms with E-state index >= 15 is 0 Å². The number of carbonyl (C=O) groups is 1. The van der Waals surface area contributed by atoms with Gasteiger partial charge in [-0.3, -0.25) is 4.79 Å². The van der Waals surface area contributed by atoms with Gasteiger partial charge in [0.15, 0.2) is 0 Å². The number of benzene rings is 1. The fourth-order valence-electron chi connectivity index (χ4n) is 2.03. The van der Waals surface area contributed by atoms with Crippen molar-refractivity contribution in [3.05, 3.63) is 23.2 Å². The van der Waals surface area contributed by atoms with Crippen molar-refractivity contribution in [1.29, 1.82) is 0 Å². The number of carbonyl (C=O) groups excluding carboxylic acids is 1. The molecule has 0 aliphatic carbocycles. The number of hydrogen-bond acceptors (Lipinski definition) is 5. The molecule has 1 aromatic carbocycles. The summed E-state index contributed by atoms with van der Waals surface area (Å²) in [5.74, 6) is -0.00770. The molecule has 114 valence electrons. The number of fused-ring (bicyclic) bond motifs is 1. The van der Waals surface area contributed by atoms with Crippen LogP contribution >= 0.6 is 11.3 Å². The Morgan fingerprint density at radius 3 is 3.05 bits per heavy atom. The Balaban J connectivity index is 1.90. The second-order valence-corrected chi connectivity index (χ2v) is 6.15. The molecule has 0 aliphatic heterocycles. The summed E-state index contributed by atoms with van der Waals surface area (Å²) in [7, 11) is 1.66. The smallest absolute Gasteiger partial charge is 0.242 e. The highest BCUT2D eigenvalue weighted by Crippen LogP contribution is 2.25. The zero-order valence-electron chi connectivity index (χ0n) is 12.6. The number of aryl methyl sites for hydroxylation is 1. The zero-order chi connectivity index (χ0) is 15.2. The molecule has 5 nitrogen and oxygen atoms in total. The number of hydrogen-bond donors (Lipinski definition) is 2. The molecule has 0 bridgehead atoms. The van der Waals surface area contributed by atoms with Gasteiger partial charge in [0.25, 0.3) is 0 Å². The van der Waals surface area contributed by atoms with Crippen LogP contribution in [-0.4, -0.2) is 37.2 Å². The normalized spacial score (nSPS) is 12.3. The van der Waals surface area contributed by atoms with E-state index in [1.54, 1.807) is 18.4 Å². The number of amides is 1. The van der Waals surface area contributed by atoms with E-state index in [2.05, 4.69) is 15.6 Å². The lowest BCUT2D eigenvalue weighted by Gasteiger charge is -2.15. The zero-order valence-corrected chi connectivity index (χ0v) is 13.4. The van der Waals surface area contributed by atoms with E-state index in [-0.39, 0.29) is 11.9 Å². The summed E-state index contributed by atoms with van der Waals surface area (Å²) >= 11 is 1.66. The van der Waals surface area contributed by atoms with Gasteiger partial charge in [0.1, 0.15) is 6.04 Å². The van der Waals surface area contributed by atoms with Crippen molar-refractivity contribution in [3.8, 4) is 0 Å². The summed E-state index contributed by atoms with van der Waals surface area (Å²) in [6.45, 7) is 5.14. The summed E-state index contributed by atoms with van der Waals surface area (Å²) in [4.78, 5) is 16.4. The number of methoxy groups -OCH3 is 1. The molecule has 1 aromatic heterocycles. The summed E-state index contributed by atoms with van der Waals surface area (Å²) in [6.07, 6.45) is 0.820. The molecule has 0 aliphatic rings. The standard InChI is InChI=1S/C15H21N3O2S/c1-10(15(19)16-7-4-8-20-3)17-12-5-6-13-14(9-12)21-11(2)18-13/h5-6,9-10,17H,4,7-8H2,1-3H3,(H,16,19). The van der Waals surface area contributed by atoms with Gasteiger partial charge in [-0.2, -0.15) is 0 Å². The maximum atomic E-state index is 12.0. The molecule has 1 atom stereocenters. The van der Waals surface area contributed by atoms with Crippen LogP contribution in [0.2, 0.25) is 0 Å². The lowest BCUT2D eigenvalue weighted by molar-refractivity contribution is -0.121. The van der Waals surface area contributed by atoms with Gasteiger partial charge in [-0.25, -0.2) is 4.98 Å². The predicted octanol–water partition coefficient (Wildman–Crippen LogP) is 2.56. The van der Waals surface area contributed by atoms with E-state index in [1.165, 1.54) is 0 Å². The average molecular weight is 307 g/mol. The van der Waals surface area contributed by atoms with Gasteiger partial charge in [-0.1, -0.05) is 0 Å².